The third kappa shape index (κ3) is 3.91. The monoisotopic (exact) mass is 368 g/mol. The van der Waals surface area contributed by atoms with Gasteiger partial charge < -0.3 is 9.47 Å². The lowest BCUT2D eigenvalue weighted by atomic mass is 9.86. The lowest BCUT2D eigenvalue weighted by Gasteiger charge is -2.44. The predicted molar refractivity (Wildman–Crippen MR) is 100 cm³/mol. The van der Waals surface area contributed by atoms with Crippen LogP contribution in [0.25, 0.3) is 0 Å². The van der Waals surface area contributed by atoms with Crippen molar-refractivity contribution in [1.29, 1.82) is 0 Å². The summed E-state index contributed by atoms with van der Waals surface area (Å²) in [7, 11) is 3.20. The summed E-state index contributed by atoms with van der Waals surface area (Å²) >= 11 is 0. The predicted octanol–water partition coefficient (Wildman–Crippen LogP) is 3.01. The van der Waals surface area contributed by atoms with Gasteiger partial charge in [-0.05, 0) is 38.0 Å². The smallest absolute Gasteiger partial charge is 0.305 e. The molecule has 0 aromatic rings. The molecule has 2 rings (SSSR count). The second-order valence-corrected chi connectivity index (χ2v) is 7.60. The zero-order chi connectivity index (χ0) is 19.3. The van der Waals surface area contributed by atoms with Crippen LogP contribution in [0.15, 0.2) is 0 Å². The van der Waals surface area contributed by atoms with E-state index in [1.165, 1.54) is 7.11 Å². The fourth-order valence-electron chi connectivity index (χ4n) is 4.97. The number of methoxy groups -OCH3 is 2. The quantitative estimate of drug-likeness (QED) is 0.586. The van der Waals surface area contributed by atoms with Gasteiger partial charge in [-0.25, -0.2) is 5.01 Å². The molecule has 0 aromatic carbocycles. The highest BCUT2D eigenvalue weighted by Crippen LogP contribution is 2.39. The fraction of sp³-hybridized carbons (Fsp3) is 0.900. The van der Waals surface area contributed by atoms with Crippen LogP contribution in [0.4, 0.5) is 0 Å². The number of hydrogen-bond donors (Lipinski definition) is 0. The van der Waals surface area contributed by atoms with Crippen molar-refractivity contribution in [1.82, 2.24) is 10.0 Å². The number of esters is 1. The number of carbonyl (C=O) groups excluding carboxylic acids is 2. The number of carbonyl (C=O) groups is 2. The summed E-state index contributed by atoms with van der Waals surface area (Å²) in [5.74, 6) is -0.0755. The summed E-state index contributed by atoms with van der Waals surface area (Å²) in [6, 6.07) is 0.242. The van der Waals surface area contributed by atoms with Gasteiger partial charge in [-0.2, -0.15) is 0 Å². The van der Waals surface area contributed by atoms with Crippen molar-refractivity contribution in [2.75, 3.05) is 27.3 Å². The Morgan fingerprint density at radius 3 is 2.42 bits per heavy atom. The minimum atomic E-state index is -0.225. The van der Waals surface area contributed by atoms with E-state index in [9.17, 15) is 9.59 Å². The van der Waals surface area contributed by atoms with Crippen molar-refractivity contribution in [2.45, 2.75) is 77.4 Å². The summed E-state index contributed by atoms with van der Waals surface area (Å²) in [6.45, 7) is 8.03. The van der Waals surface area contributed by atoms with Gasteiger partial charge in [0.2, 0.25) is 5.91 Å². The second-order valence-electron chi connectivity index (χ2n) is 7.60. The molecule has 2 heterocycles. The highest BCUT2D eigenvalue weighted by Gasteiger charge is 2.48. The molecule has 6 heteroatoms. The zero-order valence-corrected chi connectivity index (χ0v) is 17.1. The first-order valence-electron chi connectivity index (χ1n) is 10.2. The molecule has 2 aliphatic heterocycles. The molecule has 3 atom stereocenters. The number of hydrazine groups is 1. The zero-order valence-electron chi connectivity index (χ0n) is 17.1. The largest absolute Gasteiger partial charge is 0.469 e. The SMILES string of the molecule is CC[C@H](CC(=O)OC)[C@H]1CCN(N2CCC[C@H]2C(CC)(CC)OC)C1=O. The van der Waals surface area contributed by atoms with Gasteiger partial charge in [-0.1, -0.05) is 27.2 Å². The van der Waals surface area contributed by atoms with E-state index in [1.807, 2.05) is 11.9 Å². The number of hydrogen-bond acceptors (Lipinski definition) is 5. The Labute approximate surface area is 158 Å². The van der Waals surface area contributed by atoms with E-state index >= 15 is 0 Å². The van der Waals surface area contributed by atoms with Crippen LogP contribution in [-0.4, -0.2) is 60.8 Å². The molecule has 6 nitrogen and oxygen atoms in total. The van der Waals surface area contributed by atoms with Gasteiger partial charge in [-0.3, -0.25) is 14.6 Å². The van der Waals surface area contributed by atoms with Crippen LogP contribution in [0, 0.1) is 11.8 Å². The summed E-state index contributed by atoms with van der Waals surface area (Å²) in [4.78, 5) is 24.9. The molecule has 1 amide bonds. The third-order valence-corrected chi connectivity index (χ3v) is 6.72. The van der Waals surface area contributed by atoms with Gasteiger partial charge in [0.1, 0.15) is 0 Å². The molecule has 0 aliphatic carbocycles. The first-order valence-corrected chi connectivity index (χ1v) is 10.2. The standard InChI is InChI=1S/C20H36N2O4/c1-6-15(14-18(23)25-4)16-11-13-22(19(16)24)21-12-9-10-17(21)20(7-2,8-3)26-5/h15-17H,6-14H2,1-5H3/t15-,16-,17+/m1/s1. The van der Waals surface area contributed by atoms with Crippen LogP contribution in [0.3, 0.4) is 0 Å². The highest BCUT2D eigenvalue weighted by atomic mass is 16.5. The fourth-order valence-corrected chi connectivity index (χ4v) is 4.97. The molecule has 26 heavy (non-hydrogen) atoms. The second kappa shape index (κ2) is 9.18. The number of rotatable bonds is 9. The van der Waals surface area contributed by atoms with Crippen molar-refractivity contribution in [2.24, 2.45) is 11.8 Å². The van der Waals surface area contributed by atoms with Gasteiger partial charge >= 0.3 is 5.97 Å². The van der Waals surface area contributed by atoms with Gasteiger partial charge in [0, 0.05) is 32.5 Å². The van der Waals surface area contributed by atoms with E-state index < -0.39 is 0 Å². The lowest BCUT2D eigenvalue weighted by Crippen LogP contribution is -2.57. The van der Waals surface area contributed by atoms with Crippen LogP contribution in [0.1, 0.15) is 65.7 Å². The summed E-state index contributed by atoms with van der Waals surface area (Å²) in [5.41, 5.74) is -0.203. The lowest BCUT2D eigenvalue weighted by molar-refractivity contribution is -0.163. The maximum atomic E-state index is 13.2. The molecule has 0 unspecified atom stereocenters. The van der Waals surface area contributed by atoms with Crippen LogP contribution in [0.5, 0.6) is 0 Å². The van der Waals surface area contributed by atoms with E-state index in [1.54, 1.807) is 7.11 Å². The van der Waals surface area contributed by atoms with Crippen molar-refractivity contribution in [3.63, 3.8) is 0 Å². The Morgan fingerprint density at radius 1 is 1.19 bits per heavy atom. The number of ether oxygens (including phenoxy) is 2. The van der Waals surface area contributed by atoms with E-state index in [0.717, 1.165) is 51.6 Å². The molecular weight excluding hydrogens is 332 g/mol. The molecular formula is C20H36N2O4. The third-order valence-electron chi connectivity index (χ3n) is 6.72. The van der Waals surface area contributed by atoms with Crippen molar-refractivity contribution in [3.8, 4) is 0 Å². The van der Waals surface area contributed by atoms with E-state index in [4.69, 9.17) is 9.47 Å². The van der Waals surface area contributed by atoms with Crippen LogP contribution < -0.4 is 0 Å². The average molecular weight is 369 g/mol. The van der Waals surface area contributed by atoms with Crippen molar-refractivity contribution < 1.29 is 19.1 Å². The van der Waals surface area contributed by atoms with Crippen LogP contribution in [0.2, 0.25) is 0 Å². The van der Waals surface area contributed by atoms with E-state index in [-0.39, 0.29) is 35.4 Å². The molecule has 2 aliphatic rings. The Bertz CT molecular complexity index is 484. The van der Waals surface area contributed by atoms with E-state index in [0.29, 0.717) is 6.42 Å². The summed E-state index contributed by atoms with van der Waals surface area (Å²) in [6.07, 6.45) is 5.98. The van der Waals surface area contributed by atoms with E-state index in [2.05, 4.69) is 18.9 Å². The molecule has 0 bridgehead atoms. The molecule has 0 spiro atoms. The topological polar surface area (TPSA) is 59.1 Å². The normalized spacial score (nSPS) is 25.7. The van der Waals surface area contributed by atoms with Gasteiger partial charge in [0.05, 0.1) is 18.8 Å². The Kier molecular flexibility index (Phi) is 7.47. The maximum absolute atomic E-state index is 13.2. The number of amides is 1. The summed E-state index contributed by atoms with van der Waals surface area (Å²) < 4.78 is 10.8. The Balaban J connectivity index is 2.14. The number of nitrogens with zero attached hydrogens (tertiary/aromatic N) is 2. The highest BCUT2D eigenvalue weighted by molar-refractivity contribution is 5.81. The first kappa shape index (κ1) is 21.2. The summed E-state index contributed by atoms with van der Waals surface area (Å²) in [5, 5.41) is 4.23. The molecule has 2 fully saturated rings. The molecule has 0 radical (unpaired) electrons. The van der Waals surface area contributed by atoms with Gasteiger partial charge in [-0.15, -0.1) is 0 Å². The first-order chi connectivity index (χ1) is 12.5. The van der Waals surface area contributed by atoms with Crippen LogP contribution in [-0.2, 0) is 19.1 Å². The molecule has 0 aromatic heterocycles. The average Bonchev–Trinajstić information content (AvgIpc) is 3.28. The van der Waals surface area contributed by atoms with Gasteiger partial charge in [0.25, 0.3) is 0 Å². The minimum absolute atomic E-state index is 0.0607. The Morgan fingerprint density at radius 2 is 1.88 bits per heavy atom. The van der Waals surface area contributed by atoms with Crippen molar-refractivity contribution in [3.05, 3.63) is 0 Å². The van der Waals surface area contributed by atoms with Crippen LogP contribution >= 0.6 is 0 Å². The molecule has 0 N–H and O–H groups in total. The molecule has 150 valence electrons. The molecule has 0 saturated carbocycles. The van der Waals surface area contributed by atoms with Gasteiger partial charge in [0.15, 0.2) is 0 Å². The maximum Gasteiger partial charge on any atom is 0.305 e. The minimum Gasteiger partial charge on any atom is -0.469 e. The molecule has 2 saturated heterocycles. The Hall–Kier alpha value is -1.14. The van der Waals surface area contributed by atoms with Crippen molar-refractivity contribution >= 4 is 11.9 Å².